The molecule has 2 aliphatic carbocycles. The monoisotopic (exact) mass is 735 g/mol. The Kier molecular flexibility index (Phi) is 8.29. The number of nitrogens with zero attached hydrogens (tertiary/aromatic N) is 1. The van der Waals surface area contributed by atoms with Gasteiger partial charge in [-0.25, -0.2) is 4.90 Å². The maximum Gasteiger partial charge on any atom is 0.418 e. The molecule has 3 heterocycles. The minimum absolute atomic E-state index is 0.162. The molecule has 3 amide bonds. The number of para-hydroxylation sites is 2. The first kappa shape index (κ1) is 33.6. The number of carbonyl (C=O) groups is 3. The minimum Gasteiger partial charge on any atom is -0.490 e. The Morgan fingerprint density at radius 1 is 0.961 bits per heavy atom. The van der Waals surface area contributed by atoms with Gasteiger partial charge >= 0.3 is 11.0 Å². The first-order valence-corrected chi connectivity index (χ1v) is 18.3. The molecule has 3 aromatic carbocycles. The first-order chi connectivity index (χ1) is 24.5. The van der Waals surface area contributed by atoms with Gasteiger partial charge in [-0.3, -0.25) is 19.2 Å². The molecule has 2 aliphatic heterocycles. The lowest BCUT2D eigenvalue weighted by Gasteiger charge is -2.43. The van der Waals surface area contributed by atoms with E-state index in [1.54, 1.807) is 12.1 Å². The summed E-state index contributed by atoms with van der Waals surface area (Å²) in [5.41, 5.74) is 0.939. The second-order valence-electron chi connectivity index (χ2n) is 13.3. The predicted octanol–water partition coefficient (Wildman–Crippen LogP) is 6.86. The molecule has 8 rings (SSSR count). The first-order valence-electron chi connectivity index (χ1n) is 16.6. The normalized spacial score (nSPS) is 26.1. The molecule has 4 unspecified atom stereocenters. The maximum absolute atomic E-state index is 14.1. The van der Waals surface area contributed by atoms with Crippen LogP contribution < -0.4 is 24.6 Å². The molecule has 1 aromatic heterocycles. The molecule has 264 valence electrons. The summed E-state index contributed by atoms with van der Waals surface area (Å²) in [5.74, 6) is -3.42. The molecular weight excluding hydrogens is 704 g/mol. The summed E-state index contributed by atoms with van der Waals surface area (Å²) >= 11 is 2.58. The Balaban J connectivity index is 1.12. The van der Waals surface area contributed by atoms with Crippen molar-refractivity contribution in [1.82, 2.24) is 4.98 Å². The van der Waals surface area contributed by atoms with Crippen LogP contribution in [0.2, 0.25) is 0 Å². The number of benzene rings is 3. The number of hydrogen-bond acceptors (Lipinski definition) is 8. The van der Waals surface area contributed by atoms with Crippen LogP contribution in [0.15, 0.2) is 76.6 Å². The van der Waals surface area contributed by atoms with Crippen LogP contribution in [-0.2, 0) is 20.6 Å². The summed E-state index contributed by atoms with van der Waals surface area (Å²) in [6.07, 6.45) is -4.17. The second kappa shape index (κ2) is 12.6. The van der Waals surface area contributed by atoms with Gasteiger partial charge in [-0.1, -0.05) is 47.7 Å². The van der Waals surface area contributed by atoms with Crippen molar-refractivity contribution in [3.05, 3.63) is 98.0 Å². The van der Waals surface area contributed by atoms with E-state index >= 15 is 0 Å². The van der Waals surface area contributed by atoms with Crippen LogP contribution in [0.5, 0.6) is 11.5 Å². The zero-order valence-electron chi connectivity index (χ0n) is 27.4. The highest BCUT2D eigenvalue weighted by molar-refractivity contribution is 8.00. The number of fused-ring (bicyclic) bond motifs is 9. The van der Waals surface area contributed by atoms with Gasteiger partial charge in [0.2, 0.25) is 11.8 Å². The molecule has 2 bridgehead atoms. The van der Waals surface area contributed by atoms with Gasteiger partial charge in [-0.05, 0) is 79.5 Å². The number of aromatic nitrogens is 1. The highest BCUT2D eigenvalue weighted by Crippen LogP contribution is 2.69. The van der Waals surface area contributed by atoms with Crippen LogP contribution in [0.3, 0.4) is 0 Å². The molecule has 2 saturated carbocycles. The number of imide groups is 1. The lowest BCUT2D eigenvalue weighted by atomic mass is 9.68. The average molecular weight is 736 g/mol. The number of aromatic amines is 1. The maximum atomic E-state index is 14.1. The Morgan fingerprint density at radius 2 is 1.69 bits per heavy atom. The van der Waals surface area contributed by atoms with Crippen LogP contribution in [0.1, 0.15) is 40.8 Å². The highest BCUT2D eigenvalue weighted by Gasteiger charge is 2.70. The Bertz CT molecular complexity index is 2130. The number of H-pyrrole nitrogens is 1. The van der Waals surface area contributed by atoms with Crippen LogP contribution >= 0.6 is 23.1 Å². The zero-order valence-corrected chi connectivity index (χ0v) is 29.0. The van der Waals surface area contributed by atoms with E-state index in [1.807, 2.05) is 44.2 Å². The van der Waals surface area contributed by atoms with Crippen molar-refractivity contribution in [2.75, 3.05) is 23.4 Å². The summed E-state index contributed by atoms with van der Waals surface area (Å²) in [4.78, 5) is 57.8. The lowest BCUT2D eigenvalue weighted by molar-refractivity contribution is -0.137. The molecule has 51 heavy (non-hydrogen) atoms. The van der Waals surface area contributed by atoms with Crippen LogP contribution in [0.25, 0.3) is 0 Å². The highest BCUT2D eigenvalue weighted by atomic mass is 32.2. The Morgan fingerprint density at radius 3 is 2.43 bits per heavy atom. The number of thioether (sulfide) groups is 1. The van der Waals surface area contributed by atoms with Gasteiger partial charge in [0.1, 0.15) is 0 Å². The zero-order chi connectivity index (χ0) is 35.8. The third-order valence-corrected chi connectivity index (χ3v) is 13.2. The molecule has 7 atom stereocenters. The third-order valence-electron chi connectivity index (χ3n) is 10.6. The Labute approximate surface area is 298 Å². The van der Waals surface area contributed by atoms with E-state index in [9.17, 15) is 32.3 Å². The number of nitrogens with one attached hydrogen (secondary N) is 2. The number of alkyl halides is 3. The Hall–Kier alpha value is -4.56. The number of rotatable bonds is 8. The van der Waals surface area contributed by atoms with Crippen molar-refractivity contribution in [2.45, 2.75) is 42.6 Å². The summed E-state index contributed by atoms with van der Waals surface area (Å²) in [5, 5.41) is 3.38. The lowest BCUT2D eigenvalue weighted by Crippen LogP contribution is -2.42. The number of ether oxygens (including phenoxy) is 2. The smallest absolute Gasteiger partial charge is 0.418 e. The molecule has 2 N–H and O–H groups in total. The van der Waals surface area contributed by atoms with E-state index in [2.05, 4.69) is 10.3 Å². The van der Waals surface area contributed by atoms with Crippen molar-refractivity contribution < 1.29 is 37.0 Å². The van der Waals surface area contributed by atoms with Crippen LogP contribution in [0, 0.1) is 36.5 Å². The van der Waals surface area contributed by atoms with Gasteiger partial charge in [0.05, 0.1) is 34.7 Å². The van der Waals surface area contributed by atoms with Crippen molar-refractivity contribution >= 4 is 52.2 Å². The third kappa shape index (κ3) is 5.54. The van der Waals surface area contributed by atoms with Crippen molar-refractivity contribution in [1.29, 1.82) is 0 Å². The topological polar surface area (TPSA) is 118 Å². The van der Waals surface area contributed by atoms with Gasteiger partial charge in [0, 0.05) is 21.7 Å². The molecular formula is C37H32F3N3O6S2. The van der Waals surface area contributed by atoms with E-state index in [0.717, 1.165) is 38.3 Å². The number of anilines is 2. The fraction of sp³-hybridized carbons (Fsp3) is 0.351. The van der Waals surface area contributed by atoms with Crippen molar-refractivity contribution in [3.63, 3.8) is 0 Å². The number of halogens is 3. The van der Waals surface area contributed by atoms with E-state index in [0.29, 0.717) is 35.2 Å². The van der Waals surface area contributed by atoms with Gasteiger partial charge < -0.3 is 19.8 Å². The second-order valence-corrected chi connectivity index (χ2v) is 15.5. The molecule has 3 fully saturated rings. The standard InChI is InChI=1S/C37H32F3N3O6S2/c1-3-48-25-14-18(12-13-24(25)49-16-26(44)41-22-10-6-4-8-17(22)2)27-28-19-15-20(31(28)50-33-32(27)51-36(47)42-33)30-29(19)34(45)43(35(30)46)23-11-7-5-9-21(23)37(38,39)40/h4-14,19-20,27-31H,3,15-16H2,1-2H3,(H,41,44)(H,42,47)/t19-,20-,27-,28?,29?,30?,31?/m1/s1. The number of aryl methyl sites for hydroxylation is 1. The molecule has 0 spiro atoms. The van der Waals surface area contributed by atoms with Crippen LogP contribution in [-0.4, -0.2) is 41.2 Å². The van der Waals surface area contributed by atoms with Crippen molar-refractivity contribution in [2.24, 2.45) is 29.6 Å². The molecule has 4 aliphatic rings. The minimum atomic E-state index is -4.75. The SMILES string of the molecule is CCOc1cc([C@H]2c3sc(=O)[nH]c3SC3C2[C@H]2C[C@@H]3C3C(=O)N(c4ccccc4C(F)(F)F)C(=O)C32)ccc1OCC(=O)Nc1ccccc1C. The number of thiazole rings is 1. The molecule has 14 heteroatoms. The van der Waals surface area contributed by atoms with Gasteiger partial charge in [-0.15, -0.1) is 11.8 Å². The largest absolute Gasteiger partial charge is 0.490 e. The fourth-order valence-electron chi connectivity index (χ4n) is 8.68. The summed E-state index contributed by atoms with van der Waals surface area (Å²) in [6.45, 7) is 3.76. The van der Waals surface area contributed by atoms with Gasteiger partial charge in [-0.2, -0.15) is 13.2 Å². The number of hydrogen-bond donors (Lipinski definition) is 2. The molecule has 4 aromatic rings. The molecule has 0 radical (unpaired) electrons. The fourth-order valence-corrected chi connectivity index (χ4v) is 11.6. The summed E-state index contributed by atoms with van der Waals surface area (Å²) < 4.78 is 54.0. The van der Waals surface area contributed by atoms with Crippen LogP contribution in [0.4, 0.5) is 24.5 Å². The summed E-state index contributed by atoms with van der Waals surface area (Å²) in [6, 6.07) is 17.5. The van der Waals surface area contributed by atoms with E-state index < -0.39 is 41.1 Å². The number of amides is 3. The van der Waals surface area contributed by atoms with E-state index in [4.69, 9.17) is 9.47 Å². The predicted molar refractivity (Wildman–Crippen MR) is 185 cm³/mol. The summed E-state index contributed by atoms with van der Waals surface area (Å²) in [7, 11) is 0. The quantitative estimate of drug-likeness (QED) is 0.190. The van der Waals surface area contributed by atoms with E-state index in [1.165, 1.54) is 30.0 Å². The van der Waals surface area contributed by atoms with E-state index in [-0.39, 0.29) is 46.3 Å². The van der Waals surface area contributed by atoms with Crippen molar-refractivity contribution in [3.8, 4) is 11.5 Å². The van der Waals surface area contributed by atoms with Gasteiger partial charge in [0.25, 0.3) is 5.91 Å². The average Bonchev–Trinajstić information content (AvgIpc) is 3.83. The van der Waals surface area contributed by atoms with Gasteiger partial charge in [0.15, 0.2) is 18.1 Å². The molecule has 1 saturated heterocycles. The molecule has 9 nitrogen and oxygen atoms in total. The number of carbonyl (C=O) groups excluding carboxylic acids is 3.